The van der Waals surface area contributed by atoms with Gasteiger partial charge in [0.15, 0.2) is 5.65 Å². The third-order valence-electron chi connectivity index (χ3n) is 5.11. The molecule has 0 saturated carbocycles. The van der Waals surface area contributed by atoms with Crippen LogP contribution in [0.4, 0.5) is 13.2 Å². The molecule has 1 saturated heterocycles. The number of aromatic hydroxyl groups is 1. The molecule has 0 spiro atoms. The predicted octanol–water partition coefficient (Wildman–Crippen LogP) is 3.67. The van der Waals surface area contributed by atoms with Crippen LogP contribution >= 0.6 is 0 Å². The van der Waals surface area contributed by atoms with Gasteiger partial charge >= 0.3 is 12.1 Å². The van der Waals surface area contributed by atoms with Crippen molar-refractivity contribution in [1.82, 2.24) is 20.1 Å². The van der Waals surface area contributed by atoms with E-state index in [1.54, 1.807) is 6.07 Å². The quantitative estimate of drug-likeness (QED) is 0.577. The van der Waals surface area contributed by atoms with Gasteiger partial charge in [0.1, 0.15) is 5.75 Å². The van der Waals surface area contributed by atoms with E-state index in [1.807, 2.05) is 25.3 Å². The number of carbonyl (C=O) groups is 1. The highest BCUT2D eigenvalue weighted by Crippen LogP contribution is 2.24. The zero-order chi connectivity index (χ0) is 22.6. The third-order valence-corrected chi connectivity index (χ3v) is 5.11. The molecule has 0 amide bonds. The Hall–Kier alpha value is -3.14. The van der Waals surface area contributed by atoms with E-state index in [1.165, 1.54) is 17.5 Å². The van der Waals surface area contributed by atoms with Gasteiger partial charge in [-0.05, 0) is 61.6 Å². The first-order valence-electron chi connectivity index (χ1n) is 9.72. The first-order chi connectivity index (χ1) is 14.6. The molecular formula is C21H23F3N4O3. The Bertz CT molecular complexity index is 1050. The molecule has 1 fully saturated rings. The molecule has 166 valence electrons. The lowest BCUT2D eigenvalue weighted by Gasteiger charge is -2.16. The Balaban J connectivity index is 0.000000339. The van der Waals surface area contributed by atoms with E-state index in [4.69, 9.17) is 9.90 Å². The van der Waals surface area contributed by atoms with Crippen LogP contribution in [0, 0.1) is 12.8 Å². The van der Waals surface area contributed by atoms with Crippen molar-refractivity contribution in [2.24, 2.45) is 5.92 Å². The number of rotatable bonds is 4. The first kappa shape index (κ1) is 22.5. The smallest absolute Gasteiger partial charge is 0.490 e. The van der Waals surface area contributed by atoms with Gasteiger partial charge in [0.25, 0.3) is 0 Å². The Morgan fingerprint density at radius 3 is 2.71 bits per heavy atom. The molecular weight excluding hydrogens is 413 g/mol. The van der Waals surface area contributed by atoms with Crippen LogP contribution < -0.4 is 0 Å². The first-order valence-corrected chi connectivity index (χ1v) is 9.72. The number of nitrogens with one attached hydrogen (secondary N) is 1. The molecule has 1 unspecified atom stereocenters. The molecule has 1 aliphatic heterocycles. The van der Waals surface area contributed by atoms with Crippen molar-refractivity contribution in [3.05, 3.63) is 53.3 Å². The number of aliphatic carboxylic acids is 1. The highest BCUT2D eigenvalue weighted by molar-refractivity contribution is 5.77. The van der Waals surface area contributed by atoms with Crippen LogP contribution in [-0.4, -0.2) is 55.5 Å². The van der Waals surface area contributed by atoms with Crippen molar-refractivity contribution in [2.45, 2.75) is 32.5 Å². The van der Waals surface area contributed by atoms with Gasteiger partial charge in [0.2, 0.25) is 0 Å². The fraction of sp³-hybridized carbons (Fsp3) is 0.381. The number of hydrogen-bond donors (Lipinski definition) is 3. The van der Waals surface area contributed by atoms with Crippen molar-refractivity contribution in [3.63, 3.8) is 0 Å². The maximum absolute atomic E-state index is 10.6. The Labute approximate surface area is 176 Å². The number of benzene rings is 1. The average molecular weight is 436 g/mol. The number of carboxylic acid groups (broad SMARTS) is 1. The number of likely N-dealkylation sites (tertiary alicyclic amines) is 1. The zero-order valence-corrected chi connectivity index (χ0v) is 16.9. The Kier molecular flexibility index (Phi) is 6.79. The number of halogens is 3. The van der Waals surface area contributed by atoms with E-state index in [0.717, 1.165) is 42.8 Å². The van der Waals surface area contributed by atoms with Crippen LogP contribution in [0.5, 0.6) is 5.75 Å². The van der Waals surface area contributed by atoms with E-state index in [-0.39, 0.29) is 0 Å². The molecule has 1 aromatic carbocycles. The molecule has 3 aromatic rings. The van der Waals surface area contributed by atoms with Gasteiger partial charge < -0.3 is 10.2 Å². The van der Waals surface area contributed by atoms with Gasteiger partial charge in [-0.15, -0.1) is 0 Å². The maximum Gasteiger partial charge on any atom is 0.490 e. The molecule has 3 N–H and O–H groups in total. The Morgan fingerprint density at radius 1 is 1.29 bits per heavy atom. The summed E-state index contributed by atoms with van der Waals surface area (Å²) in [6, 6.07) is 9.82. The molecule has 4 rings (SSSR count). The molecule has 2 aromatic heterocycles. The minimum absolute atomic E-state index is 0.359. The number of hydrogen-bond acceptors (Lipinski definition) is 5. The summed E-state index contributed by atoms with van der Waals surface area (Å²) >= 11 is 0. The maximum atomic E-state index is 10.6. The highest BCUT2D eigenvalue weighted by Gasteiger charge is 2.38. The van der Waals surface area contributed by atoms with Crippen LogP contribution in [0.2, 0.25) is 0 Å². The van der Waals surface area contributed by atoms with E-state index in [9.17, 15) is 18.3 Å². The highest BCUT2D eigenvalue weighted by atomic mass is 19.4. The van der Waals surface area contributed by atoms with E-state index >= 15 is 0 Å². The number of phenols is 1. The number of aryl methyl sites for hydroxylation is 1. The predicted molar refractivity (Wildman–Crippen MR) is 108 cm³/mol. The summed E-state index contributed by atoms with van der Waals surface area (Å²) in [6.07, 6.45) is -0.912. The summed E-state index contributed by atoms with van der Waals surface area (Å²) in [6.45, 7) is 5.18. The fourth-order valence-electron chi connectivity index (χ4n) is 3.65. The van der Waals surface area contributed by atoms with E-state index < -0.39 is 12.1 Å². The molecule has 0 aliphatic carbocycles. The number of pyridine rings is 1. The molecule has 3 heterocycles. The van der Waals surface area contributed by atoms with Crippen LogP contribution in [-0.2, 0) is 17.8 Å². The summed E-state index contributed by atoms with van der Waals surface area (Å²) in [5, 5.41) is 25.0. The number of aromatic amines is 1. The number of carboxylic acids is 1. The van der Waals surface area contributed by atoms with Crippen molar-refractivity contribution >= 4 is 17.0 Å². The lowest BCUT2D eigenvalue weighted by atomic mass is 9.98. The van der Waals surface area contributed by atoms with Crippen LogP contribution in [0.25, 0.3) is 11.0 Å². The fourth-order valence-corrected chi connectivity index (χ4v) is 3.65. The molecule has 10 heteroatoms. The molecule has 1 aliphatic rings. The van der Waals surface area contributed by atoms with E-state index in [2.05, 4.69) is 32.2 Å². The van der Waals surface area contributed by atoms with Gasteiger partial charge in [-0.3, -0.25) is 10.00 Å². The van der Waals surface area contributed by atoms with Gasteiger partial charge in [-0.2, -0.15) is 18.3 Å². The number of nitrogens with zero attached hydrogens (tertiary/aromatic N) is 3. The number of H-pyrrole nitrogens is 1. The van der Waals surface area contributed by atoms with Crippen LogP contribution in [0.15, 0.2) is 36.5 Å². The summed E-state index contributed by atoms with van der Waals surface area (Å²) in [7, 11) is 0. The summed E-state index contributed by atoms with van der Waals surface area (Å²) in [5.74, 6) is -1.75. The van der Waals surface area contributed by atoms with E-state index in [0.29, 0.717) is 11.7 Å². The zero-order valence-electron chi connectivity index (χ0n) is 16.9. The minimum atomic E-state index is -5.08. The lowest BCUT2D eigenvalue weighted by molar-refractivity contribution is -0.192. The number of phenolic OH excluding ortho intramolecular Hbond substituents is 1. The number of aromatic nitrogens is 3. The van der Waals surface area contributed by atoms with Gasteiger partial charge in [-0.1, -0.05) is 12.1 Å². The number of alkyl halides is 3. The molecule has 31 heavy (non-hydrogen) atoms. The Morgan fingerprint density at radius 2 is 2.03 bits per heavy atom. The van der Waals surface area contributed by atoms with Crippen LogP contribution in [0.3, 0.4) is 0 Å². The average Bonchev–Trinajstić information content (AvgIpc) is 3.28. The third kappa shape index (κ3) is 6.17. The standard InChI is InChI=1S/C19H22N4O.C2HF3O2/c1-13-18-9-16(10-20-19(18)22-21-13)12-23-6-5-15(11-23)7-14-3-2-4-17(24)8-14;3-2(4,5)1(6)7/h2-4,8-10,15,24H,5-7,11-12H2,1H3,(H,20,21,22);(H,6,7). The second-order valence-electron chi connectivity index (χ2n) is 7.63. The van der Waals surface area contributed by atoms with Crippen molar-refractivity contribution < 1.29 is 28.2 Å². The second kappa shape index (κ2) is 9.34. The van der Waals surface area contributed by atoms with Crippen LogP contribution in [0.1, 0.15) is 23.2 Å². The second-order valence-corrected chi connectivity index (χ2v) is 7.63. The van der Waals surface area contributed by atoms with Gasteiger partial charge in [-0.25, -0.2) is 9.78 Å². The van der Waals surface area contributed by atoms with Crippen molar-refractivity contribution in [3.8, 4) is 5.75 Å². The van der Waals surface area contributed by atoms with Gasteiger partial charge in [0.05, 0.1) is 0 Å². The SMILES string of the molecule is Cc1[nH]nc2ncc(CN3CCC(Cc4cccc(O)c4)C3)cc12.O=C(O)C(F)(F)F. The summed E-state index contributed by atoms with van der Waals surface area (Å²) < 4.78 is 31.7. The van der Waals surface area contributed by atoms with Crippen molar-refractivity contribution in [1.29, 1.82) is 0 Å². The summed E-state index contributed by atoms with van der Waals surface area (Å²) in [4.78, 5) is 15.8. The monoisotopic (exact) mass is 436 g/mol. The largest absolute Gasteiger partial charge is 0.508 e. The van der Waals surface area contributed by atoms with Gasteiger partial charge in [0, 0.05) is 30.4 Å². The summed E-state index contributed by atoms with van der Waals surface area (Å²) in [5.41, 5.74) is 4.32. The topological polar surface area (TPSA) is 102 Å². The molecule has 0 radical (unpaired) electrons. The molecule has 1 atom stereocenters. The minimum Gasteiger partial charge on any atom is -0.508 e. The number of fused-ring (bicyclic) bond motifs is 1. The lowest BCUT2D eigenvalue weighted by Crippen LogP contribution is -2.21. The molecule has 7 nitrogen and oxygen atoms in total. The molecule has 0 bridgehead atoms. The van der Waals surface area contributed by atoms with Crippen molar-refractivity contribution in [2.75, 3.05) is 13.1 Å². The normalized spacial score (nSPS) is 16.8.